The number of phenolic OH excluding ortho intramolecular Hbond substituents is 1. The van der Waals surface area contributed by atoms with Gasteiger partial charge < -0.3 is 15.3 Å². The average molecular weight is 238 g/mol. The van der Waals surface area contributed by atoms with Crippen LogP contribution in [0.5, 0.6) is 11.5 Å². The van der Waals surface area contributed by atoms with Crippen LogP contribution in [-0.2, 0) is 0 Å². The Morgan fingerprint density at radius 1 is 1.00 bits per heavy atom. The van der Waals surface area contributed by atoms with Gasteiger partial charge in [0.05, 0.1) is 11.1 Å². The second kappa shape index (κ2) is 4.25. The molecule has 0 radical (unpaired) electrons. The normalized spacial score (nSPS) is 10.0. The van der Waals surface area contributed by atoms with Crippen LogP contribution in [0.4, 0.5) is 0 Å². The fourth-order valence-electron chi connectivity index (χ4n) is 1.52. The van der Waals surface area contributed by atoms with Gasteiger partial charge in [-0.15, -0.1) is 0 Å². The van der Waals surface area contributed by atoms with Crippen molar-refractivity contribution in [1.82, 2.24) is 0 Å². The molecule has 0 aliphatic carbocycles. The molecule has 0 aliphatic heterocycles. The van der Waals surface area contributed by atoms with Gasteiger partial charge in [0.25, 0.3) is 0 Å². The molecule has 17 heavy (non-hydrogen) atoms. The molecule has 0 bridgehead atoms. The molecule has 0 amide bonds. The summed E-state index contributed by atoms with van der Waals surface area (Å²) in [6, 6.07) is 0.737. The van der Waals surface area contributed by atoms with Gasteiger partial charge in [0.2, 0.25) is 0 Å². The summed E-state index contributed by atoms with van der Waals surface area (Å²) < 4.78 is 0. The van der Waals surface area contributed by atoms with E-state index < -0.39 is 40.2 Å². The molecule has 0 spiro atoms. The highest BCUT2D eigenvalue weighted by Gasteiger charge is 2.25. The number of Topliss-reactive ketones (excluding diaryl/α,β-unsaturated/α-hetero) is 2. The monoisotopic (exact) mass is 238 g/mol. The fraction of sp³-hybridized carbons (Fsp3) is 0.182. The van der Waals surface area contributed by atoms with Crippen molar-refractivity contribution in [3.8, 4) is 11.5 Å². The summed E-state index contributed by atoms with van der Waals surface area (Å²) in [6.45, 7) is 2.16. The second-order valence-electron chi connectivity index (χ2n) is 3.46. The lowest BCUT2D eigenvalue weighted by atomic mass is 9.96. The Balaban J connectivity index is 3.78. The molecule has 0 aliphatic rings. The van der Waals surface area contributed by atoms with Crippen LogP contribution >= 0.6 is 0 Å². The Bertz CT molecular complexity index is 529. The van der Waals surface area contributed by atoms with Crippen molar-refractivity contribution in [2.75, 3.05) is 0 Å². The quantitative estimate of drug-likeness (QED) is 0.538. The minimum atomic E-state index is -1.50. The number of hydrogen-bond donors (Lipinski definition) is 3. The van der Waals surface area contributed by atoms with Gasteiger partial charge in [-0.3, -0.25) is 9.59 Å². The molecule has 0 atom stereocenters. The standard InChI is InChI=1S/C11H10O6/c1-4(12)8-7(14)3-6(11(16)17)10(15)9(8)5(2)13/h3,14-15H,1-2H3,(H,16,17). The van der Waals surface area contributed by atoms with Crippen LogP contribution in [0.1, 0.15) is 44.9 Å². The Morgan fingerprint density at radius 2 is 1.47 bits per heavy atom. The number of carboxylic acids is 1. The minimum Gasteiger partial charge on any atom is -0.507 e. The topological polar surface area (TPSA) is 112 Å². The van der Waals surface area contributed by atoms with E-state index in [-0.39, 0.29) is 5.56 Å². The predicted molar refractivity (Wildman–Crippen MR) is 56.7 cm³/mol. The van der Waals surface area contributed by atoms with E-state index in [2.05, 4.69) is 0 Å². The van der Waals surface area contributed by atoms with Crippen molar-refractivity contribution in [2.45, 2.75) is 13.8 Å². The molecule has 0 heterocycles. The highest BCUT2D eigenvalue weighted by atomic mass is 16.4. The van der Waals surface area contributed by atoms with Crippen molar-refractivity contribution in [2.24, 2.45) is 0 Å². The van der Waals surface area contributed by atoms with Crippen LogP contribution in [0.2, 0.25) is 0 Å². The van der Waals surface area contributed by atoms with Crippen LogP contribution < -0.4 is 0 Å². The third-order valence-electron chi connectivity index (χ3n) is 2.21. The summed E-state index contributed by atoms with van der Waals surface area (Å²) >= 11 is 0. The number of aromatic hydroxyl groups is 2. The molecule has 90 valence electrons. The van der Waals surface area contributed by atoms with Gasteiger partial charge >= 0.3 is 5.97 Å². The first kappa shape index (κ1) is 12.7. The van der Waals surface area contributed by atoms with E-state index in [0.717, 1.165) is 19.9 Å². The molecule has 1 aromatic carbocycles. The number of carbonyl (C=O) groups excluding carboxylic acids is 2. The summed E-state index contributed by atoms with van der Waals surface area (Å²) in [5, 5.41) is 27.9. The van der Waals surface area contributed by atoms with E-state index >= 15 is 0 Å². The van der Waals surface area contributed by atoms with Crippen LogP contribution in [0.3, 0.4) is 0 Å². The maximum absolute atomic E-state index is 11.3. The van der Waals surface area contributed by atoms with Gasteiger partial charge in [-0.05, 0) is 19.9 Å². The summed E-state index contributed by atoms with van der Waals surface area (Å²) in [7, 11) is 0. The molecule has 0 fully saturated rings. The summed E-state index contributed by atoms with van der Waals surface area (Å²) in [5.41, 5.74) is -1.48. The fourth-order valence-corrected chi connectivity index (χ4v) is 1.52. The van der Waals surface area contributed by atoms with Crippen molar-refractivity contribution in [1.29, 1.82) is 0 Å². The molecule has 1 rings (SSSR count). The molecule has 6 heteroatoms. The maximum atomic E-state index is 11.3. The predicted octanol–water partition coefficient (Wildman–Crippen LogP) is 1.20. The first-order valence-corrected chi connectivity index (χ1v) is 4.61. The number of phenols is 2. The molecule has 3 N–H and O–H groups in total. The Hall–Kier alpha value is -2.37. The van der Waals surface area contributed by atoms with E-state index in [4.69, 9.17) is 5.11 Å². The van der Waals surface area contributed by atoms with Gasteiger partial charge in [-0.2, -0.15) is 0 Å². The van der Waals surface area contributed by atoms with Crippen LogP contribution in [0.25, 0.3) is 0 Å². The molecular weight excluding hydrogens is 228 g/mol. The summed E-state index contributed by atoms with van der Waals surface area (Å²) in [6.07, 6.45) is 0. The minimum absolute atomic E-state index is 0.375. The number of rotatable bonds is 3. The number of benzene rings is 1. The molecular formula is C11H10O6. The lowest BCUT2D eigenvalue weighted by molar-refractivity contribution is 0.0692. The maximum Gasteiger partial charge on any atom is 0.339 e. The van der Waals surface area contributed by atoms with Gasteiger partial charge in [0.1, 0.15) is 17.1 Å². The SMILES string of the molecule is CC(=O)c1c(O)cc(C(=O)O)c(O)c1C(C)=O. The number of aromatic carboxylic acids is 1. The number of ketones is 2. The third kappa shape index (κ3) is 2.10. The van der Waals surface area contributed by atoms with E-state index in [1.54, 1.807) is 0 Å². The zero-order valence-corrected chi connectivity index (χ0v) is 9.14. The largest absolute Gasteiger partial charge is 0.507 e. The number of carbonyl (C=O) groups is 3. The van der Waals surface area contributed by atoms with Crippen molar-refractivity contribution in [3.63, 3.8) is 0 Å². The molecule has 6 nitrogen and oxygen atoms in total. The van der Waals surface area contributed by atoms with Gasteiger partial charge in [0, 0.05) is 0 Å². The molecule has 0 saturated heterocycles. The van der Waals surface area contributed by atoms with Crippen molar-refractivity contribution < 1.29 is 29.7 Å². The van der Waals surface area contributed by atoms with E-state index in [9.17, 15) is 24.6 Å². The first-order valence-electron chi connectivity index (χ1n) is 4.61. The van der Waals surface area contributed by atoms with Crippen molar-refractivity contribution in [3.05, 3.63) is 22.8 Å². The Morgan fingerprint density at radius 3 is 1.82 bits per heavy atom. The molecule has 0 unspecified atom stereocenters. The molecule has 1 aromatic rings. The lowest BCUT2D eigenvalue weighted by Gasteiger charge is -2.11. The average Bonchev–Trinajstić information content (AvgIpc) is 2.18. The van der Waals surface area contributed by atoms with E-state index in [1.165, 1.54) is 0 Å². The van der Waals surface area contributed by atoms with Crippen LogP contribution in [0, 0.1) is 0 Å². The third-order valence-corrected chi connectivity index (χ3v) is 2.21. The zero-order chi connectivity index (χ0) is 13.3. The van der Waals surface area contributed by atoms with Crippen molar-refractivity contribution >= 4 is 17.5 Å². The number of carboxylic acid groups (broad SMARTS) is 1. The second-order valence-corrected chi connectivity index (χ2v) is 3.46. The van der Waals surface area contributed by atoms with Gasteiger partial charge in [0.15, 0.2) is 11.6 Å². The van der Waals surface area contributed by atoms with Crippen LogP contribution in [0.15, 0.2) is 6.07 Å². The first-order chi connectivity index (χ1) is 7.77. The highest BCUT2D eigenvalue weighted by molar-refractivity contribution is 6.12. The zero-order valence-electron chi connectivity index (χ0n) is 9.14. The molecule has 0 saturated carbocycles. The number of hydrogen-bond acceptors (Lipinski definition) is 5. The Kier molecular flexibility index (Phi) is 3.17. The summed E-state index contributed by atoms with van der Waals surface area (Å²) in [4.78, 5) is 33.3. The highest BCUT2D eigenvalue weighted by Crippen LogP contribution is 2.33. The van der Waals surface area contributed by atoms with Gasteiger partial charge in [-0.25, -0.2) is 4.79 Å². The summed E-state index contributed by atoms with van der Waals surface area (Å²) in [5.74, 6) is -4.30. The van der Waals surface area contributed by atoms with Crippen LogP contribution in [-0.4, -0.2) is 32.9 Å². The van der Waals surface area contributed by atoms with Gasteiger partial charge in [-0.1, -0.05) is 0 Å². The molecule has 0 aromatic heterocycles. The lowest BCUT2D eigenvalue weighted by Crippen LogP contribution is -2.09. The Labute approximate surface area is 96.1 Å². The van der Waals surface area contributed by atoms with E-state index in [0.29, 0.717) is 0 Å². The smallest absolute Gasteiger partial charge is 0.339 e. The van der Waals surface area contributed by atoms with E-state index in [1.807, 2.05) is 0 Å².